The molecule has 0 aliphatic carbocycles. The summed E-state index contributed by atoms with van der Waals surface area (Å²) < 4.78 is 0. The van der Waals surface area contributed by atoms with Gasteiger partial charge in [-0.25, -0.2) is 4.98 Å². The lowest BCUT2D eigenvalue weighted by Crippen LogP contribution is -2.08. The highest BCUT2D eigenvalue weighted by molar-refractivity contribution is 7.18. The second kappa shape index (κ2) is 4.19. The minimum atomic E-state index is -0.0866. The van der Waals surface area contributed by atoms with Gasteiger partial charge in [-0.2, -0.15) is 0 Å². The summed E-state index contributed by atoms with van der Waals surface area (Å²) in [6.07, 6.45) is 0. The molecule has 13 heavy (non-hydrogen) atoms. The fraction of sp³-hybridized carbons (Fsp3) is 0.250. The molecule has 1 aromatic heterocycles. The highest BCUT2D eigenvalue weighted by Crippen LogP contribution is 2.15. The molecule has 1 aromatic rings. The van der Waals surface area contributed by atoms with Crippen LogP contribution in [0.5, 0.6) is 0 Å². The van der Waals surface area contributed by atoms with E-state index in [1.165, 1.54) is 6.92 Å². The van der Waals surface area contributed by atoms with E-state index in [0.29, 0.717) is 0 Å². The Balaban J connectivity index is 2.91. The quantitative estimate of drug-likeness (QED) is 0.707. The van der Waals surface area contributed by atoms with E-state index in [2.05, 4.69) is 24.8 Å². The van der Waals surface area contributed by atoms with Gasteiger partial charge in [-0.15, -0.1) is 0 Å². The molecule has 0 fully saturated rings. The third-order valence-corrected chi connectivity index (χ3v) is 1.84. The molecule has 5 heteroatoms. The first-order valence-electron chi connectivity index (χ1n) is 3.85. The minimum Gasteiger partial charge on any atom is -0.355 e. The van der Waals surface area contributed by atoms with Gasteiger partial charge in [0.2, 0.25) is 5.91 Å². The number of nitrogens with zero attached hydrogens (tertiary/aromatic N) is 1. The van der Waals surface area contributed by atoms with Crippen LogP contribution in [-0.4, -0.2) is 10.9 Å². The molecule has 0 radical (unpaired) electrons. The summed E-state index contributed by atoms with van der Waals surface area (Å²) in [6.45, 7) is 3.32. The third-order valence-electron chi connectivity index (χ3n) is 1.54. The van der Waals surface area contributed by atoms with Crippen molar-refractivity contribution in [1.29, 1.82) is 0 Å². The van der Waals surface area contributed by atoms with E-state index in [1.54, 1.807) is 6.07 Å². The van der Waals surface area contributed by atoms with Crippen molar-refractivity contribution in [3.8, 4) is 0 Å². The smallest absolute Gasteiger partial charge is 0.221 e. The van der Waals surface area contributed by atoms with E-state index in [1.807, 2.05) is 13.0 Å². The minimum absolute atomic E-state index is 0.0866. The number of rotatable bonds is 2. The number of carbonyl (C=O) groups excluding carboxylic acids is 1. The lowest BCUT2D eigenvalue weighted by atomic mass is 10.3. The fourth-order valence-electron chi connectivity index (χ4n) is 0.963. The summed E-state index contributed by atoms with van der Waals surface area (Å²) in [5.74, 6) is 0.674. The first-order valence-corrected chi connectivity index (χ1v) is 4.43. The molecule has 0 spiro atoms. The van der Waals surface area contributed by atoms with Gasteiger partial charge in [0.1, 0.15) is 5.82 Å². The van der Waals surface area contributed by atoms with Crippen molar-refractivity contribution in [2.45, 2.75) is 13.8 Å². The molecule has 0 bridgehead atoms. The molecule has 2 N–H and O–H groups in total. The average molecular weight is 197 g/mol. The molecule has 70 valence electrons. The largest absolute Gasteiger partial charge is 0.355 e. The zero-order valence-corrected chi connectivity index (χ0v) is 8.74. The van der Waals surface area contributed by atoms with Gasteiger partial charge >= 0.3 is 0 Å². The van der Waals surface area contributed by atoms with Gasteiger partial charge in [0.05, 0.1) is 11.4 Å². The Morgan fingerprint density at radius 2 is 2.23 bits per heavy atom. The number of amides is 1. The van der Waals surface area contributed by atoms with Crippen molar-refractivity contribution in [3.63, 3.8) is 0 Å². The van der Waals surface area contributed by atoms with Crippen LogP contribution in [0.4, 0.5) is 11.5 Å². The molecule has 1 heterocycles. The van der Waals surface area contributed by atoms with Crippen LogP contribution in [-0.2, 0) is 4.79 Å². The Morgan fingerprint density at radius 3 is 2.69 bits per heavy atom. The van der Waals surface area contributed by atoms with Gasteiger partial charge in [0.25, 0.3) is 0 Å². The molecule has 0 saturated heterocycles. The van der Waals surface area contributed by atoms with Crippen LogP contribution >= 0.6 is 9.39 Å². The standard InChI is InChI=1S/C8H12N3OP/c1-5-7(10-6(2)12)3-4-8(9-5)11-13/h3-4H,13H2,1-2H3,(H,9,11)(H,10,12). The van der Waals surface area contributed by atoms with Gasteiger partial charge in [-0.05, 0) is 28.4 Å². The van der Waals surface area contributed by atoms with E-state index < -0.39 is 0 Å². The van der Waals surface area contributed by atoms with Gasteiger partial charge < -0.3 is 10.4 Å². The molecule has 1 amide bonds. The number of hydrogen-bond acceptors (Lipinski definition) is 3. The maximum atomic E-state index is 10.8. The van der Waals surface area contributed by atoms with Gasteiger partial charge in [0.15, 0.2) is 0 Å². The van der Waals surface area contributed by atoms with E-state index in [-0.39, 0.29) is 5.91 Å². The first-order chi connectivity index (χ1) is 6.13. The molecule has 1 atom stereocenters. The normalized spacial score (nSPS) is 9.46. The van der Waals surface area contributed by atoms with Crippen LogP contribution in [0.3, 0.4) is 0 Å². The number of hydrogen-bond donors (Lipinski definition) is 2. The lowest BCUT2D eigenvalue weighted by molar-refractivity contribution is -0.114. The van der Waals surface area contributed by atoms with Crippen LogP contribution in [0.1, 0.15) is 12.6 Å². The number of carbonyl (C=O) groups is 1. The van der Waals surface area contributed by atoms with Crippen LogP contribution in [0.2, 0.25) is 0 Å². The Kier molecular flexibility index (Phi) is 3.20. The maximum absolute atomic E-state index is 10.8. The lowest BCUT2D eigenvalue weighted by Gasteiger charge is -2.06. The zero-order valence-electron chi connectivity index (χ0n) is 7.59. The van der Waals surface area contributed by atoms with Crippen LogP contribution in [0.25, 0.3) is 0 Å². The van der Waals surface area contributed by atoms with Crippen LogP contribution in [0, 0.1) is 6.92 Å². The van der Waals surface area contributed by atoms with Crippen LogP contribution < -0.4 is 10.4 Å². The van der Waals surface area contributed by atoms with Gasteiger partial charge in [-0.1, -0.05) is 0 Å². The summed E-state index contributed by atoms with van der Waals surface area (Å²) in [5, 5.41) is 5.53. The Labute approximate surface area is 79.4 Å². The van der Waals surface area contributed by atoms with E-state index in [4.69, 9.17) is 0 Å². The van der Waals surface area contributed by atoms with E-state index in [9.17, 15) is 4.79 Å². The highest BCUT2D eigenvalue weighted by atomic mass is 31.0. The molecule has 0 aliphatic heterocycles. The van der Waals surface area contributed by atoms with Crippen molar-refractivity contribution in [2.24, 2.45) is 0 Å². The summed E-state index contributed by atoms with van der Waals surface area (Å²) in [4.78, 5) is 15.0. The Hall–Kier alpha value is -1.15. The van der Waals surface area contributed by atoms with E-state index >= 15 is 0 Å². The first kappa shape index (κ1) is 9.93. The number of aryl methyl sites for hydroxylation is 1. The Bertz CT molecular complexity index is 327. The topological polar surface area (TPSA) is 54.0 Å². The number of pyridine rings is 1. The molecular weight excluding hydrogens is 185 g/mol. The SMILES string of the molecule is CC(=O)Nc1ccc(NP)nc1C. The number of nitrogens with one attached hydrogen (secondary N) is 2. The highest BCUT2D eigenvalue weighted by Gasteiger charge is 2.01. The number of anilines is 2. The summed E-state index contributed by atoms with van der Waals surface area (Å²) in [5.41, 5.74) is 1.54. The van der Waals surface area contributed by atoms with Crippen molar-refractivity contribution in [1.82, 2.24) is 4.98 Å². The molecule has 0 aromatic carbocycles. The molecule has 4 nitrogen and oxygen atoms in total. The molecule has 1 rings (SSSR count). The van der Waals surface area contributed by atoms with Gasteiger partial charge in [-0.3, -0.25) is 4.79 Å². The van der Waals surface area contributed by atoms with Crippen molar-refractivity contribution >= 4 is 26.8 Å². The predicted molar refractivity (Wildman–Crippen MR) is 56.6 cm³/mol. The molecule has 1 unspecified atom stereocenters. The third kappa shape index (κ3) is 2.67. The van der Waals surface area contributed by atoms with Crippen molar-refractivity contribution in [3.05, 3.63) is 17.8 Å². The van der Waals surface area contributed by atoms with E-state index in [0.717, 1.165) is 17.2 Å². The summed E-state index contributed by atoms with van der Waals surface area (Å²) >= 11 is 0. The molecular formula is C8H12N3OP. The molecule has 0 saturated carbocycles. The van der Waals surface area contributed by atoms with Crippen molar-refractivity contribution in [2.75, 3.05) is 10.4 Å². The Morgan fingerprint density at radius 1 is 1.54 bits per heavy atom. The molecule has 0 aliphatic rings. The second-order valence-corrected chi connectivity index (χ2v) is 2.94. The average Bonchev–Trinajstić information content (AvgIpc) is 2.08. The second-order valence-electron chi connectivity index (χ2n) is 2.65. The zero-order chi connectivity index (χ0) is 9.84. The summed E-state index contributed by atoms with van der Waals surface area (Å²) in [6, 6.07) is 3.61. The number of aromatic nitrogens is 1. The van der Waals surface area contributed by atoms with Gasteiger partial charge in [0, 0.05) is 6.92 Å². The maximum Gasteiger partial charge on any atom is 0.221 e. The monoisotopic (exact) mass is 197 g/mol. The van der Waals surface area contributed by atoms with Crippen molar-refractivity contribution < 1.29 is 4.79 Å². The summed E-state index contributed by atoms with van der Waals surface area (Å²) in [7, 11) is 2.37. The fourth-order valence-corrected chi connectivity index (χ4v) is 1.12. The predicted octanol–water partition coefficient (Wildman–Crippen LogP) is 1.55. The van der Waals surface area contributed by atoms with Crippen LogP contribution in [0.15, 0.2) is 12.1 Å².